The molecule has 12 heteroatoms. The molecule has 1 N–H and O–H groups in total. The maximum absolute atomic E-state index is 12.4. The Bertz CT molecular complexity index is 1090. The van der Waals surface area contributed by atoms with E-state index in [4.69, 9.17) is 25.9 Å². The molecule has 3 rings (SSSR count). The molecule has 174 valence electrons. The van der Waals surface area contributed by atoms with E-state index in [0.29, 0.717) is 35.5 Å². The van der Waals surface area contributed by atoms with E-state index >= 15 is 0 Å². The second kappa shape index (κ2) is 12.0. The summed E-state index contributed by atoms with van der Waals surface area (Å²) in [4.78, 5) is 22.3. The van der Waals surface area contributed by atoms with E-state index in [9.17, 15) is 4.79 Å². The van der Waals surface area contributed by atoms with E-state index in [1.807, 2.05) is 30.3 Å². The maximum Gasteiger partial charge on any atom is 0.282 e. The standard InChI is InChI=1S/C21H24ClN7O4/c1-4-31-21(32-5-2)20(30)24-17-12-11-15(22)16(23-17)13-33-26-18(14-9-7-6-8-10-14)19-25-27-28-29(19)3/h6-12,21H,4-5,13H2,1-3H3,(H,23,24,30)/b26-18-. The minimum atomic E-state index is -1.03. The first-order valence-electron chi connectivity index (χ1n) is 10.2. The van der Waals surface area contributed by atoms with Crippen molar-refractivity contribution >= 4 is 29.0 Å². The van der Waals surface area contributed by atoms with Crippen LogP contribution in [0.4, 0.5) is 5.82 Å². The summed E-state index contributed by atoms with van der Waals surface area (Å²) in [6, 6.07) is 12.5. The molecule has 11 nitrogen and oxygen atoms in total. The van der Waals surface area contributed by atoms with Crippen LogP contribution in [0.15, 0.2) is 47.6 Å². The number of aryl methyl sites for hydroxylation is 1. The van der Waals surface area contributed by atoms with Crippen molar-refractivity contribution < 1.29 is 19.1 Å². The molecule has 2 heterocycles. The van der Waals surface area contributed by atoms with Gasteiger partial charge in [-0.2, -0.15) is 0 Å². The number of amides is 1. The van der Waals surface area contributed by atoms with Crippen molar-refractivity contribution in [3.63, 3.8) is 0 Å². The Labute approximate surface area is 195 Å². The summed E-state index contributed by atoms with van der Waals surface area (Å²) in [6.07, 6.45) is -1.03. The third kappa shape index (κ3) is 6.54. The average Bonchev–Trinajstić information content (AvgIpc) is 3.24. The van der Waals surface area contributed by atoms with Crippen LogP contribution < -0.4 is 5.32 Å². The zero-order valence-electron chi connectivity index (χ0n) is 18.4. The molecule has 1 amide bonds. The molecule has 0 saturated carbocycles. The van der Waals surface area contributed by atoms with E-state index in [2.05, 4.69) is 31.0 Å². The van der Waals surface area contributed by atoms with Crippen molar-refractivity contribution in [2.45, 2.75) is 26.7 Å². The zero-order chi connectivity index (χ0) is 23.6. The Kier molecular flexibility index (Phi) is 8.81. The fourth-order valence-electron chi connectivity index (χ4n) is 2.75. The number of hydrogen-bond donors (Lipinski definition) is 1. The van der Waals surface area contributed by atoms with Gasteiger partial charge in [0.2, 0.25) is 12.1 Å². The van der Waals surface area contributed by atoms with Crippen LogP contribution >= 0.6 is 11.6 Å². The molecule has 0 radical (unpaired) electrons. The van der Waals surface area contributed by atoms with Gasteiger partial charge in [0.05, 0.1) is 5.02 Å². The lowest BCUT2D eigenvalue weighted by molar-refractivity contribution is -0.164. The Morgan fingerprint density at radius 3 is 2.52 bits per heavy atom. The smallest absolute Gasteiger partial charge is 0.282 e. The van der Waals surface area contributed by atoms with Crippen LogP contribution in [0, 0.1) is 0 Å². The second-order valence-corrected chi connectivity index (χ2v) is 6.97. The van der Waals surface area contributed by atoms with Gasteiger partial charge in [0.1, 0.15) is 11.5 Å². The van der Waals surface area contributed by atoms with Gasteiger partial charge >= 0.3 is 0 Å². The SMILES string of the molecule is CCOC(OCC)C(=O)Nc1ccc(Cl)c(CO/N=C(/c2ccccc2)c2nnnn2C)n1. The summed E-state index contributed by atoms with van der Waals surface area (Å²) in [5.74, 6) is 0.232. The van der Waals surface area contributed by atoms with Crippen molar-refractivity contribution in [3.05, 3.63) is 64.6 Å². The number of rotatable bonds is 11. The Hall–Kier alpha value is -3.41. The lowest BCUT2D eigenvalue weighted by Gasteiger charge is -2.16. The molecule has 33 heavy (non-hydrogen) atoms. The highest BCUT2D eigenvalue weighted by Crippen LogP contribution is 2.19. The second-order valence-electron chi connectivity index (χ2n) is 6.56. The zero-order valence-corrected chi connectivity index (χ0v) is 19.2. The van der Waals surface area contributed by atoms with Gasteiger partial charge in [0.15, 0.2) is 12.3 Å². The van der Waals surface area contributed by atoms with Crippen LogP contribution in [0.3, 0.4) is 0 Å². The van der Waals surface area contributed by atoms with Crippen LogP contribution in [0.1, 0.15) is 30.9 Å². The molecule has 0 atom stereocenters. The van der Waals surface area contributed by atoms with Crippen LogP contribution in [0.2, 0.25) is 5.02 Å². The largest absolute Gasteiger partial charge is 0.389 e. The molecule has 0 aliphatic heterocycles. The lowest BCUT2D eigenvalue weighted by Crippen LogP contribution is -2.33. The number of anilines is 1. The van der Waals surface area contributed by atoms with Gasteiger partial charge in [-0.25, -0.2) is 9.67 Å². The number of carbonyl (C=O) groups is 1. The Morgan fingerprint density at radius 1 is 1.15 bits per heavy atom. The molecule has 0 spiro atoms. The highest BCUT2D eigenvalue weighted by atomic mass is 35.5. The molecule has 3 aromatic rings. The number of benzene rings is 1. The predicted molar refractivity (Wildman–Crippen MR) is 121 cm³/mol. The van der Waals surface area contributed by atoms with Crippen molar-refractivity contribution in [1.29, 1.82) is 0 Å². The summed E-state index contributed by atoms with van der Waals surface area (Å²) < 4.78 is 12.1. The number of ether oxygens (including phenoxy) is 2. The van der Waals surface area contributed by atoms with Crippen molar-refractivity contribution in [2.75, 3.05) is 18.5 Å². The van der Waals surface area contributed by atoms with Gasteiger partial charge in [-0.3, -0.25) is 4.79 Å². The number of aromatic nitrogens is 5. The average molecular weight is 474 g/mol. The summed E-state index contributed by atoms with van der Waals surface area (Å²) in [6.45, 7) is 4.15. The van der Waals surface area contributed by atoms with Crippen LogP contribution in [-0.2, 0) is 32.8 Å². The molecule has 0 aliphatic carbocycles. The van der Waals surface area contributed by atoms with Crippen molar-refractivity contribution in [1.82, 2.24) is 25.2 Å². The number of nitrogens with one attached hydrogen (secondary N) is 1. The van der Waals surface area contributed by atoms with Gasteiger partial charge in [0, 0.05) is 25.8 Å². The molecule has 1 aromatic carbocycles. The van der Waals surface area contributed by atoms with Crippen LogP contribution in [-0.4, -0.2) is 56.3 Å². The van der Waals surface area contributed by atoms with Crippen LogP contribution in [0.25, 0.3) is 0 Å². The minimum Gasteiger partial charge on any atom is -0.389 e. The third-order valence-electron chi connectivity index (χ3n) is 4.26. The van der Waals surface area contributed by atoms with E-state index < -0.39 is 12.2 Å². The minimum absolute atomic E-state index is 0.0511. The fourth-order valence-corrected chi connectivity index (χ4v) is 2.91. The van der Waals surface area contributed by atoms with Gasteiger partial charge in [-0.15, -0.1) is 5.10 Å². The number of oxime groups is 1. The number of tetrazole rings is 1. The Balaban J connectivity index is 1.75. The van der Waals surface area contributed by atoms with Crippen LogP contribution in [0.5, 0.6) is 0 Å². The molecule has 0 bridgehead atoms. The molecule has 0 fully saturated rings. The third-order valence-corrected chi connectivity index (χ3v) is 4.60. The first-order valence-corrected chi connectivity index (χ1v) is 10.6. The van der Waals surface area contributed by atoms with Gasteiger partial charge in [0.25, 0.3) is 5.91 Å². The van der Waals surface area contributed by atoms with Gasteiger partial charge in [-0.1, -0.05) is 47.1 Å². The van der Waals surface area contributed by atoms with Gasteiger partial charge < -0.3 is 19.6 Å². The number of pyridine rings is 1. The first-order chi connectivity index (χ1) is 16.0. The monoisotopic (exact) mass is 473 g/mol. The topological polar surface area (TPSA) is 126 Å². The van der Waals surface area contributed by atoms with E-state index in [0.717, 1.165) is 5.56 Å². The number of carbonyl (C=O) groups excluding carboxylic acids is 1. The summed E-state index contributed by atoms with van der Waals surface area (Å²) in [5, 5.41) is 18.8. The van der Waals surface area contributed by atoms with E-state index in [-0.39, 0.29) is 12.4 Å². The lowest BCUT2D eigenvalue weighted by atomic mass is 10.1. The fraction of sp³-hybridized carbons (Fsp3) is 0.333. The van der Waals surface area contributed by atoms with E-state index in [1.54, 1.807) is 33.0 Å². The van der Waals surface area contributed by atoms with Gasteiger partial charge in [-0.05, 0) is 36.4 Å². The first kappa shape index (κ1) is 24.2. The molecular weight excluding hydrogens is 450 g/mol. The Morgan fingerprint density at radius 2 is 1.88 bits per heavy atom. The normalized spacial score (nSPS) is 11.6. The summed E-state index contributed by atoms with van der Waals surface area (Å²) in [7, 11) is 1.70. The predicted octanol–water partition coefficient (Wildman–Crippen LogP) is 2.57. The molecular formula is C21H24ClN7O4. The highest BCUT2D eigenvalue weighted by molar-refractivity contribution is 6.31. The maximum atomic E-state index is 12.4. The number of nitrogens with zero attached hydrogens (tertiary/aromatic N) is 6. The number of hydrogen-bond acceptors (Lipinski definition) is 9. The quantitative estimate of drug-likeness (QED) is 0.256. The molecule has 0 aliphatic rings. The van der Waals surface area contributed by atoms with E-state index in [1.165, 1.54) is 4.68 Å². The molecule has 2 aromatic heterocycles. The molecule has 0 saturated heterocycles. The summed E-state index contributed by atoms with van der Waals surface area (Å²) in [5.41, 5.74) is 1.60. The highest BCUT2D eigenvalue weighted by Gasteiger charge is 2.20. The number of halogens is 1. The summed E-state index contributed by atoms with van der Waals surface area (Å²) >= 11 is 6.26. The van der Waals surface area contributed by atoms with Crippen molar-refractivity contribution in [2.24, 2.45) is 12.2 Å². The molecule has 0 unspecified atom stereocenters. The van der Waals surface area contributed by atoms with Crippen molar-refractivity contribution in [3.8, 4) is 0 Å².